The Hall–Kier alpha value is -0.870. The molecule has 1 rings (SSSR count). The van der Waals surface area contributed by atoms with Crippen LogP contribution in [0.25, 0.3) is 0 Å². The molecule has 3 nitrogen and oxygen atoms in total. The second-order valence-corrected chi connectivity index (χ2v) is 4.34. The highest BCUT2D eigenvalue weighted by Crippen LogP contribution is 2.32. The van der Waals surface area contributed by atoms with Crippen LogP contribution in [-0.2, 0) is 4.79 Å². The molecule has 0 saturated heterocycles. The second-order valence-electron chi connectivity index (χ2n) is 3.56. The summed E-state index contributed by atoms with van der Waals surface area (Å²) in [7, 11) is 0. The lowest BCUT2D eigenvalue weighted by Crippen LogP contribution is -2.36. The zero-order chi connectivity index (χ0) is 10.1. The monoisotopic (exact) mass is 199 g/mol. The van der Waals surface area contributed by atoms with Gasteiger partial charge in [-0.3, -0.25) is 4.79 Å². The van der Waals surface area contributed by atoms with Crippen LogP contribution in [0.15, 0.2) is 16.8 Å². The molecule has 72 valence electrons. The molecular weight excluding hydrogens is 186 g/mol. The van der Waals surface area contributed by atoms with E-state index in [-0.39, 0.29) is 0 Å². The maximum Gasteiger partial charge on any atom is 0.311 e. The lowest BCUT2D eigenvalue weighted by Gasteiger charge is -2.26. The SMILES string of the molecule is CC(C)(C(=O)O)C(N)c1ccsc1. The van der Waals surface area contributed by atoms with Gasteiger partial charge >= 0.3 is 5.97 Å². The van der Waals surface area contributed by atoms with Crippen molar-refractivity contribution in [1.82, 2.24) is 0 Å². The molecule has 1 aromatic heterocycles. The Kier molecular flexibility index (Phi) is 2.73. The van der Waals surface area contributed by atoms with E-state index in [0.717, 1.165) is 5.56 Å². The van der Waals surface area contributed by atoms with Crippen molar-refractivity contribution in [1.29, 1.82) is 0 Å². The van der Waals surface area contributed by atoms with Gasteiger partial charge in [0, 0.05) is 6.04 Å². The van der Waals surface area contributed by atoms with Gasteiger partial charge in [0.05, 0.1) is 5.41 Å². The number of carbonyl (C=O) groups is 1. The van der Waals surface area contributed by atoms with Crippen LogP contribution < -0.4 is 5.73 Å². The zero-order valence-electron chi connectivity index (χ0n) is 7.65. The van der Waals surface area contributed by atoms with Crippen molar-refractivity contribution in [2.75, 3.05) is 0 Å². The first-order valence-electron chi connectivity index (χ1n) is 3.97. The van der Waals surface area contributed by atoms with E-state index in [0.29, 0.717) is 0 Å². The number of nitrogens with two attached hydrogens (primary N) is 1. The molecule has 0 aliphatic carbocycles. The third-order valence-corrected chi connectivity index (χ3v) is 2.93. The van der Waals surface area contributed by atoms with Gasteiger partial charge in [-0.2, -0.15) is 11.3 Å². The molecule has 0 fully saturated rings. The fourth-order valence-electron chi connectivity index (χ4n) is 1.00. The van der Waals surface area contributed by atoms with Crippen LogP contribution in [0.3, 0.4) is 0 Å². The number of hydrogen-bond acceptors (Lipinski definition) is 3. The molecule has 13 heavy (non-hydrogen) atoms. The van der Waals surface area contributed by atoms with Gasteiger partial charge in [0.1, 0.15) is 0 Å². The molecule has 3 N–H and O–H groups in total. The molecule has 1 heterocycles. The molecule has 0 aliphatic heterocycles. The van der Waals surface area contributed by atoms with Crippen molar-refractivity contribution >= 4 is 17.3 Å². The topological polar surface area (TPSA) is 63.3 Å². The van der Waals surface area contributed by atoms with Crippen LogP contribution in [-0.4, -0.2) is 11.1 Å². The fourth-order valence-corrected chi connectivity index (χ4v) is 1.70. The van der Waals surface area contributed by atoms with Gasteiger partial charge in [0.2, 0.25) is 0 Å². The summed E-state index contributed by atoms with van der Waals surface area (Å²) in [4.78, 5) is 10.9. The van der Waals surface area contributed by atoms with Gasteiger partial charge in [0.15, 0.2) is 0 Å². The Morgan fingerprint density at radius 3 is 2.69 bits per heavy atom. The van der Waals surface area contributed by atoms with Crippen LogP contribution in [0.1, 0.15) is 25.5 Å². The fraction of sp³-hybridized carbons (Fsp3) is 0.444. The second kappa shape index (κ2) is 3.47. The molecule has 0 aliphatic rings. The first-order valence-corrected chi connectivity index (χ1v) is 4.91. The zero-order valence-corrected chi connectivity index (χ0v) is 8.47. The normalized spacial score (nSPS) is 14.1. The summed E-state index contributed by atoms with van der Waals surface area (Å²) in [6.07, 6.45) is 0. The van der Waals surface area contributed by atoms with Gasteiger partial charge in [-0.05, 0) is 36.2 Å². The van der Waals surface area contributed by atoms with Gasteiger partial charge in [-0.25, -0.2) is 0 Å². The van der Waals surface area contributed by atoms with E-state index in [1.807, 2.05) is 16.8 Å². The van der Waals surface area contributed by atoms with Crippen molar-refractivity contribution in [3.05, 3.63) is 22.4 Å². The van der Waals surface area contributed by atoms with Gasteiger partial charge < -0.3 is 10.8 Å². The van der Waals surface area contributed by atoms with Crippen molar-refractivity contribution in [3.63, 3.8) is 0 Å². The smallest absolute Gasteiger partial charge is 0.311 e. The molecule has 0 aromatic carbocycles. The molecule has 0 radical (unpaired) electrons. The summed E-state index contributed by atoms with van der Waals surface area (Å²) in [6.45, 7) is 3.27. The highest BCUT2D eigenvalue weighted by molar-refractivity contribution is 7.07. The van der Waals surface area contributed by atoms with Gasteiger partial charge in [-0.1, -0.05) is 0 Å². The van der Waals surface area contributed by atoms with E-state index in [9.17, 15) is 4.79 Å². The Bertz CT molecular complexity index is 293. The van der Waals surface area contributed by atoms with Crippen LogP contribution in [0.2, 0.25) is 0 Å². The standard InChI is InChI=1S/C9H13NO2S/c1-9(2,8(11)12)7(10)6-3-4-13-5-6/h3-5,7H,10H2,1-2H3,(H,11,12). The minimum atomic E-state index is -0.916. The van der Waals surface area contributed by atoms with E-state index >= 15 is 0 Å². The first-order chi connectivity index (χ1) is 5.96. The summed E-state index contributed by atoms with van der Waals surface area (Å²) >= 11 is 1.52. The van der Waals surface area contributed by atoms with Crippen molar-refractivity contribution in [3.8, 4) is 0 Å². The summed E-state index contributed by atoms with van der Waals surface area (Å²) < 4.78 is 0. The summed E-state index contributed by atoms with van der Waals surface area (Å²) in [5.74, 6) is -0.869. The van der Waals surface area contributed by atoms with Crippen molar-refractivity contribution in [2.24, 2.45) is 11.1 Å². The maximum atomic E-state index is 10.9. The van der Waals surface area contributed by atoms with E-state index in [4.69, 9.17) is 10.8 Å². The lowest BCUT2D eigenvalue weighted by molar-refractivity contribution is -0.148. The Labute approximate surface area is 81.2 Å². The lowest BCUT2D eigenvalue weighted by atomic mass is 9.82. The molecule has 0 saturated carbocycles. The predicted molar refractivity (Wildman–Crippen MR) is 52.7 cm³/mol. The summed E-state index contributed by atoms with van der Waals surface area (Å²) in [5.41, 5.74) is 5.81. The summed E-state index contributed by atoms with van der Waals surface area (Å²) in [5, 5.41) is 12.7. The number of aliphatic carboxylic acids is 1. The molecule has 1 unspecified atom stereocenters. The number of thiophene rings is 1. The van der Waals surface area contributed by atoms with Crippen LogP contribution >= 0.6 is 11.3 Å². The third-order valence-electron chi connectivity index (χ3n) is 2.23. The van der Waals surface area contributed by atoms with Gasteiger partial charge in [0.25, 0.3) is 0 Å². The average molecular weight is 199 g/mol. The van der Waals surface area contributed by atoms with E-state index in [2.05, 4.69) is 0 Å². The number of rotatable bonds is 3. The number of carboxylic acid groups (broad SMARTS) is 1. The molecule has 1 aromatic rings. The number of hydrogen-bond donors (Lipinski definition) is 2. The maximum absolute atomic E-state index is 10.9. The van der Waals surface area contributed by atoms with Crippen LogP contribution in [0, 0.1) is 5.41 Å². The molecule has 1 atom stereocenters. The largest absolute Gasteiger partial charge is 0.481 e. The Balaban J connectivity index is 2.90. The van der Waals surface area contributed by atoms with E-state index in [1.54, 1.807) is 13.8 Å². The van der Waals surface area contributed by atoms with Crippen LogP contribution in [0.4, 0.5) is 0 Å². The molecule has 4 heteroatoms. The molecular formula is C9H13NO2S. The van der Waals surface area contributed by atoms with Crippen molar-refractivity contribution in [2.45, 2.75) is 19.9 Å². The third kappa shape index (κ3) is 1.89. The van der Waals surface area contributed by atoms with Crippen molar-refractivity contribution < 1.29 is 9.90 Å². The minimum absolute atomic E-state index is 0.448. The highest BCUT2D eigenvalue weighted by atomic mass is 32.1. The molecule has 0 spiro atoms. The quantitative estimate of drug-likeness (QED) is 0.781. The summed E-state index contributed by atoms with van der Waals surface area (Å²) in [6, 6.07) is 1.41. The highest BCUT2D eigenvalue weighted by Gasteiger charge is 2.35. The predicted octanol–water partition coefficient (Wildman–Crippen LogP) is 1.86. The molecule has 0 bridgehead atoms. The minimum Gasteiger partial charge on any atom is -0.481 e. The van der Waals surface area contributed by atoms with E-state index in [1.165, 1.54) is 11.3 Å². The Morgan fingerprint density at radius 1 is 1.69 bits per heavy atom. The molecule has 0 amide bonds. The van der Waals surface area contributed by atoms with Crippen LogP contribution in [0.5, 0.6) is 0 Å². The first kappa shape index (κ1) is 10.2. The van der Waals surface area contributed by atoms with E-state index < -0.39 is 17.4 Å². The number of carboxylic acids is 1. The Morgan fingerprint density at radius 2 is 2.31 bits per heavy atom. The van der Waals surface area contributed by atoms with Gasteiger partial charge in [-0.15, -0.1) is 0 Å². The average Bonchev–Trinajstić information content (AvgIpc) is 2.54.